The second-order valence-electron chi connectivity index (χ2n) is 3.00. The molecule has 64 valence electrons. The van der Waals surface area contributed by atoms with Crippen molar-refractivity contribution in [2.75, 3.05) is 6.54 Å². The van der Waals surface area contributed by atoms with Gasteiger partial charge in [-0.2, -0.15) is 0 Å². The van der Waals surface area contributed by atoms with Crippen molar-refractivity contribution >= 4 is 15.9 Å². The largest absolute Gasteiger partial charge is 0.508 e. The van der Waals surface area contributed by atoms with Gasteiger partial charge in [0.25, 0.3) is 0 Å². The second-order valence-corrected chi connectivity index (χ2v) is 3.91. The number of aromatic hydroxyl groups is 1. The highest BCUT2D eigenvalue weighted by Gasteiger charge is 2.20. The minimum atomic E-state index is 0.359. The van der Waals surface area contributed by atoms with Crippen LogP contribution in [0.3, 0.4) is 0 Å². The molecule has 0 saturated carbocycles. The molecule has 1 aromatic carbocycles. The maximum Gasteiger partial charge on any atom is 0.121 e. The average Bonchev–Trinajstić information content (AvgIpc) is 1.91. The number of hydrogen-bond donors (Lipinski definition) is 2. The quantitative estimate of drug-likeness (QED) is 0.772. The van der Waals surface area contributed by atoms with Gasteiger partial charge in [0.1, 0.15) is 5.75 Å². The van der Waals surface area contributed by atoms with Gasteiger partial charge in [0, 0.05) is 16.1 Å². The van der Waals surface area contributed by atoms with Crippen LogP contribution in [0.4, 0.5) is 0 Å². The number of nitrogens with one attached hydrogen (secondary N) is 1. The van der Waals surface area contributed by atoms with Crippen LogP contribution in [0.5, 0.6) is 5.75 Å². The lowest BCUT2D eigenvalue weighted by Crippen LogP contribution is -2.34. The smallest absolute Gasteiger partial charge is 0.121 e. The van der Waals surface area contributed by atoms with E-state index >= 15 is 0 Å². The van der Waals surface area contributed by atoms with Crippen LogP contribution >= 0.6 is 15.9 Å². The molecule has 0 amide bonds. The molecule has 1 aliphatic heterocycles. The van der Waals surface area contributed by atoms with Gasteiger partial charge in [-0.05, 0) is 25.1 Å². The Labute approximate surface area is 79.7 Å². The van der Waals surface area contributed by atoms with Crippen molar-refractivity contribution in [3.63, 3.8) is 0 Å². The standard InChI is InChI=1S/C9H10BrNO/c10-6-1-2-7(9(12)5-6)8-3-4-11-8/h1-2,5,8,11-12H,3-4H2/t8-/m1/s1. The normalized spacial score (nSPS) is 21.9. The summed E-state index contributed by atoms with van der Waals surface area (Å²) in [4.78, 5) is 0. The van der Waals surface area contributed by atoms with Crippen molar-refractivity contribution in [2.24, 2.45) is 0 Å². The van der Waals surface area contributed by atoms with Gasteiger partial charge >= 0.3 is 0 Å². The third kappa shape index (κ3) is 1.34. The van der Waals surface area contributed by atoms with E-state index in [1.165, 1.54) is 0 Å². The Balaban J connectivity index is 2.31. The lowest BCUT2D eigenvalue weighted by molar-refractivity contribution is 0.364. The molecule has 0 radical (unpaired) electrons. The molecule has 1 aromatic rings. The molecule has 3 heteroatoms. The highest BCUT2D eigenvalue weighted by atomic mass is 79.9. The Kier molecular flexibility index (Phi) is 2.07. The molecule has 0 aliphatic carbocycles. The van der Waals surface area contributed by atoms with Gasteiger partial charge in [-0.3, -0.25) is 0 Å². The van der Waals surface area contributed by atoms with Crippen molar-refractivity contribution < 1.29 is 5.11 Å². The van der Waals surface area contributed by atoms with E-state index in [0.717, 1.165) is 23.0 Å². The van der Waals surface area contributed by atoms with Crippen molar-refractivity contribution in [1.29, 1.82) is 0 Å². The minimum Gasteiger partial charge on any atom is -0.508 e. The molecular formula is C9H10BrNO. The first kappa shape index (κ1) is 8.08. The first-order chi connectivity index (χ1) is 5.77. The predicted molar refractivity (Wildman–Crippen MR) is 51.2 cm³/mol. The second kappa shape index (κ2) is 3.07. The number of halogens is 1. The molecule has 1 saturated heterocycles. The molecule has 1 heterocycles. The van der Waals surface area contributed by atoms with Crippen molar-refractivity contribution in [3.8, 4) is 5.75 Å². The highest BCUT2D eigenvalue weighted by Crippen LogP contribution is 2.31. The molecule has 2 nitrogen and oxygen atoms in total. The third-order valence-corrected chi connectivity index (χ3v) is 2.68. The van der Waals surface area contributed by atoms with Crippen molar-refractivity contribution in [2.45, 2.75) is 12.5 Å². The summed E-state index contributed by atoms with van der Waals surface area (Å²) in [7, 11) is 0. The Morgan fingerprint density at radius 3 is 2.75 bits per heavy atom. The minimum absolute atomic E-state index is 0.359. The monoisotopic (exact) mass is 227 g/mol. The summed E-state index contributed by atoms with van der Waals surface area (Å²) in [6.45, 7) is 1.06. The number of hydrogen-bond acceptors (Lipinski definition) is 2. The zero-order valence-electron chi connectivity index (χ0n) is 6.55. The van der Waals surface area contributed by atoms with Crippen LogP contribution in [-0.2, 0) is 0 Å². The lowest BCUT2D eigenvalue weighted by atomic mass is 9.97. The van der Waals surface area contributed by atoms with Gasteiger partial charge in [0.2, 0.25) is 0 Å². The van der Waals surface area contributed by atoms with Crippen LogP contribution in [0.25, 0.3) is 0 Å². The molecule has 1 atom stereocenters. The summed E-state index contributed by atoms with van der Waals surface area (Å²) in [6, 6.07) is 6.00. The van der Waals surface area contributed by atoms with E-state index < -0.39 is 0 Å². The van der Waals surface area contributed by atoms with Crippen LogP contribution in [0.2, 0.25) is 0 Å². The summed E-state index contributed by atoms with van der Waals surface area (Å²) in [5.41, 5.74) is 1.00. The summed E-state index contributed by atoms with van der Waals surface area (Å²) >= 11 is 3.30. The van der Waals surface area contributed by atoms with E-state index in [1.54, 1.807) is 6.07 Å². The SMILES string of the molecule is Oc1cc(Br)ccc1[C@H]1CCN1. The van der Waals surface area contributed by atoms with Gasteiger partial charge in [-0.15, -0.1) is 0 Å². The van der Waals surface area contributed by atoms with Gasteiger partial charge in [-0.1, -0.05) is 22.0 Å². The summed E-state index contributed by atoms with van der Waals surface area (Å²) in [5, 5.41) is 12.8. The zero-order chi connectivity index (χ0) is 8.55. The maximum atomic E-state index is 9.56. The van der Waals surface area contributed by atoms with Crippen LogP contribution in [-0.4, -0.2) is 11.7 Å². The van der Waals surface area contributed by atoms with Crippen LogP contribution in [0, 0.1) is 0 Å². The van der Waals surface area contributed by atoms with E-state index in [2.05, 4.69) is 21.2 Å². The lowest BCUT2D eigenvalue weighted by Gasteiger charge is -2.28. The Morgan fingerprint density at radius 2 is 2.25 bits per heavy atom. The highest BCUT2D eigenvalue weighted by molar-refractivity contribution is 9.10. The van der Waals surface area contributed by atoms with Crippen LogP contribution in [0.15, 0.2) is 22.7 Å². The van der Waals surface area contributed by atoms with E-state index in [0.29, 0.717) is 11.8 Å². The molecule has 0 spiro atoms. The van der Waals surface area contributed by atoms with Crippen molar-refractivity contribution in [1.82, 2.24) is 5.32 Å². The third-order valence-electron chi connectivity index (χ3n) is 2.19. The van der Waals surface area contributed by atoms with Crippen LogP contribution < -0.4 is 5.32 Å². The number of phenolic OH excluding ortho intramolecular Hbond substituents is 1. The molecule has 1 aliphatic rings. The first-order valence-corrected chi connectivity index (χ1v) is 4.78. The maximum absolute atomic E-state index is 9.56. The summed E-state index contributed by atoms with van der Waals surface area (Å²) in [5.74, 6) is 0.376. The number of phenols is 1. The number of benzene rings is 1. The Morgan fingerprint density at radius 1 is 1.50 bits per heavy atom. The van der Waals surface area contributed by atoms with Gasteiger partial charge in [-0.25, -0.2) is 0 Å². The van der Waals surface area contributed by atoms with Gasteiger partial charge in [0.15, 0.2) is 0 Å². The fraction of sp³-hybridized carbons (Fsp3) is 0.333. The Bertz CT molecular complexity index is 297. The molecule has 0 unspecified atom stereocenters. The topological polar surface area (TPSA) is 32.3 Å². The molecule has 0 aromatic heterocycles. The average molecular weight is 228 g/mol. The molecule has 0 bridgehead atoms. The molecule has 2 rings (SSSR count). The Hall–Kier alpha value is -0.540. The zero-order valence-corrected chi connectivity index (χ0v) is 8.13. The fourth-order valence-corrected chi connectivity index (χ4v) is 1.71. The summed E-state index contributed by atoms with van der Waals surface area (Å²) < 4.78 is 0.920. The predicted octanol–water partition coefficient (Wildman–Crippen LogP) is 2.19. The fourth-order valence-electron chi connectivity index (χ4n) is 1.37. The van der Waals surface area contributed by atoms with E-state index in [4.69, 9.17) is 0 Å². The van der Waals surface area contributed by atoms with Gasteiger partial charge < -0.3 is 10.4 Å². The molecule has 12 heavy (non-hydrogen) atoms. The van der Waals surface area contributed by atoms with Crippen molar-refractivity contribution in [3.05, 3.63) is 28.2 Å². The first-order valence-electron chi connectivity index (χ1n) is 3.99. The van der Waals surface area contributed by atoms with E-state index in [-0.39, 0.29) is 0 Å². The van der Waals surface area contributed by atoms with E-state index in [1.807, 2.05) is 12.1 Å². The molecular weight excluding hydrogens is 218 g/mol. The van der Waals surface area contributed by atoms with Gasteiger partial charge in [0.05, 0.1) is 0 Å². The van der Waals surface area contributed by atoms with E-state index in [9.17, 15) is 5.11 Å². The molecule has 1 fully saturated rings. The number of rotatable bonds is 1. The van der Waals surface area contributed by atoms with Crippen LogP contribution in [0.1, 0.15) is 18.0 Å². The summed E-state index contributed by atoms with van der Waals surface area (Å²) in [6.07, 6.45) is 1.12. The molecule has 2 N–H and O–H groups in total.